The smallest absolute Gasteiger partial charge is 0.241 e. The van der Waals surface area contributed by atoms with Gasteiger partial charge in [0.2, 0.25) is 23.6 Å². The van der Waals surface area contributed by atoms with Gasteiger partial charge in [-0.15, -0.1) is 0 Å². The Balaban J connectivity index is 1.55. The number of benzene rings is 3. The molecule has 0 fully saturated rings. The number of fused-ring (bicyclic) bond motifs is 1. The molecule has 2 aromatic heterocycles. The first-order chi connectivity index (χ1) is 18.4. The number of aromatic nitrogens is 5. The van der Waals surface area contributed by atoms with Gasteiger partial charge in [-0.1, -0.05) is 42.5 Å². The second-order valence-electron chi connectivity index (χ2n) is 9.02. The van der Waals surface area contributed by atoms with Crippen molar-refractivity contribution < 1.29 is 14.2 Å². The van der Waals surface area contributed by atoms with Crippen LogP contribution in [0.1, 0.15) is 19.4 Å². The first kappa shape index (κ1) is 24.8. The van der Waals surface area contributed by atoms with Gasteiger partial charge in [-0.2, -0.15) is 4.98 Å². The molecule has 0 unspecified atom stereocenters. The van der Waals surface area contributed by atoms with Gasteiger partial charge in [0, 0.05) is 17.8 Å². The Hall–Kier alpha value is -4.86. The lowest BCUT2D eigenvalue weighted by atomic mass is 9.95. The van der Waals surface area contributed by atoms with Crippen LogP contribution < -0.4 is 24.8 Å². The van der Waals surface area contributed by atoms with E-state index in [4.69, 9.17) is 24.2 Å². The van der Waals surface area contributed by atoms with Gasteiger partial charge in [0.05, 0.1) is 37.9 Å². The number of ether oxygens (including phenoxy) is 3. The Morgan fingerprint density at radius 2 is 1.47 bits per heavy atom. The van der Waals surface area contributed by atoms with Crippen LogP contribution in [0.15, 0.2) is 73.1 Å². The SMILES string of the molecule is COc1cc(Nc2ncnc(-n3c(NC(C)(C)c4ccccc4)nc4ccccc43)n2)cc(OC)c1OC. The summed E-state index contributed by atoms with van der Waals surface area (Å²) < 4.78 is 18.2. The first-order valence-electron chi connectivity index (χ1n) is 12.0. The Labute approximate surface area is 220 Å². The van der Waals surface area contributed by atoms with Crippen LogP contribution in [0.3, 0.4) is 0 Å². The minimum atomic E-state index is -0.412. The van der Waals surface area contributed by atoms with Gasteiger partial charge in [0.25, 0.3) is 0 Å². The van der Waals surface area contributed by atoms with Crippen molar-refractivity contribution in [2.45, 2.75) is 19.4 Å². The zero-order chi connectivity index (χ0) is 26.7. The third-order valence-corrected chi connectivity index (χ3v) is 6.16. The van der Waals surface area contributed by atoms with Crippen LogP contribution in [-0.2, 0) is 5.54 Å². The molecule has 2 heterocycles. The van der Waals surface area contributed by atoms with E-state index in [0.717, 1.165) is 16.6 Å². The van der Waals surface area contributed by atoms with Gasteiger partial charge < -0.3 is 24.8 Å². The molecular formula is C28H29N7O3. The fourth-order valence-corrected chi connectivity index (χ4v) is 4.26. The summed E-state index contributed by atoms with van der Waals surface area (Å²) in [6, 6.07) is 21.7. The van der Waals surface area contributed by atoms with E-state index in [1.54, 1.807) is 33.5 Å². The topological polar surface area (TPSA) is 108 Å². The van der Waals surface area contributed by atoms with E-state index in [0.29, 0.717) is 40.8 Å². The number of imidazole rings is 1. The van der Waals surface area contributed by atoms with E-state index >= 15 is 0 Å². The maximum absolute atomic E-state index is 5.47. The quantitative estimate of drug-likeness (QED) is 0.271. The van der Waals surface area contributed by atoms with Crippen molar-refractivity contribution in [1.82, 2.24) is 24.5 Å². The molecule has 10 heteroatoms. The third-order valence-electron chi connectivity index (χ3n) is 6.16. The average Bonchev–Trinajstić information content (AvgIpc) is 3.30. The minimum Gasteiger partial charge on any atom is -0.493 e. The molecule has 0 aliphatic heterocycles. The summed E-state index contributed by atoms with van der Waals surface area (Å²) in [5.74, 6) is 2.89. The highest BCUT2D eigenvalue weighted by atomic mass is 16.5. The number of anilines is 3. The number of hydrogen-bond acceptors (Lipinski definition) is 9. The highest BCUT2D eigenvalue weighted by Gasteiger charge is 2.25. The summed E-state index contributed by atoms with van der Waals surface area (Å²) in [6.45, 7) is 4.22. The zero-order valence-corrected chi connectivity index (χ0v) is 21.9. The maximum atomic E-state index is 5.47. The summed E-state index contributed by atoms with van der Waals surface area (Å²) in [6.07, 6.45) is 1.46. The number of methoxy groups -OCH3 is 3. The van der Waals surface area contributed by atoms with Crippen molar-refractivity contribution >= 4 is 28.6 Å². The molecule has 0 amide bonds. The Morgan fingerprint density at radius 1 is 0.789 bits per heavy atom. The summed E-state index contributed by atoms with van der Waals surface area (Å²) >= 11 is 0. The van der Waals surface area contributed by atoms with Gasteiger partial charge in [-0.25, -0.2) is 19.5 Å². The molecule has 2 N–H and O–H groups in total. The number of rotatable bonds is 9. The number of hydrogen-bond donors (Lipinski definition) is 2. The molecule has 0 saturated carbocycles. The van der Waals surface area contributed by atoms with Crippen LogP contribution in [0.4, 0.5) is 17.6 Å². The number of nitrogens with zero attached hydrogens (tertiary/aromatic N) is 5. The van der Waals surface area contributed by atoms with Crippen LogP contribution in [0.25, 0.3) is 17.0 Å². The highest BCUT2D eigenvalue weighted by molar-refractivity contribution is 5.80. The lowest BCUT2D eigenvalue weighted by molar-refractivity contribution is 0.324. The van der Waals surface area contributed by atoms with Gasteiger partial charge in [0.1, 0.15) is 6.33 Å². The van der Waals surface area contributed by atoms with Gasteiger partial charge in [-0.3, -0.25) is 0 Å². The standard InChI is InChI=1S/C28H29N7O3/c1-28(2,18-11-7-6-8-12-18)34-27-32-20-13-9-10-14-21(20)35(27)26-30-17-29-25(33-26)31-19-15-22(36-3)24(38-5)23(16-19)37-4/h6-17H,1-5H3,(H,32,34)(H,29,30,31,33). The molecule has 0 aliphatic rings. The fraction of sp³-hybridized carbons (Fsp3) is 0.214. The van der Waals surface area contributed by atoms with Gasteiger partial charge in [0.15, 0.2) is 11.5 Å². The predicted molar refractivity (Wildman–Crippen MR) is 147 cm³/mol. The highest BCUT2D eigenvalue weighted by Crippen LogP contribution is 2.40. The van der Waals surface area contributed by atoms with E-state index in [9.17, 15) is 0 Å². The third kappa shape index (κ3) is 4.75. The minimum absolute atomic E-state index is 0.343. The monoisotopic (exact) mass is 511 g/mol. The van der Waals surface area contributed by atoms with E-state index in [2.05, 4.69) is 46.6 Å². The van der Waals surface area contributed by atoms with E-state index in [1.807, 2.05) is 47.0 Å². The largest absolute Gasteiger partial charge is 0.493 e. The zero-order valence-electron chi connectivity index (χ0n) is 21.9. The molecule has 5 rings (SSSR count). The second-order valence-corrected chi connectivity index (χ2v) is 9.02. The van der Waals surface area contributed by atoms with Crippen LogP contribution in [0.2, 0.25) is 0 Å². The molecular weight excluding hydrogens is 482 g/mol. The van der Waals surface area contributed by atoms with Crippen LogP contribution in [-0.4, -0.2) is 45.8 Å². The van der Waals surface area contributed by atoms with E-state index < -0.39 is 5.54 Å². The lowest BCUT2D eigenvalue weighted by Gasteiger charge is -2.27. The molecule has 194 valence electrons. The Morgan fingerprint density at radius 3 is 2.16 bits per heavy atom. The molecule has 0 spiro atoms. The summed E-state index contributed by atoms with van der Waals surface area (Å²) in [4.78, 5) is 18.4. The summed E-state index contributed by atoms with van der Waals surface area (Å²) in [5.41, 5.74) is 3.06. The fourth-order valence-electron chi connectivity index (χ4n) is 4.26. The van der Waals surface area contributed by atoms with Crippen molar-refractivity contribution in [2.75, 3.05) is 32.0 Å². The van der Waals surface area contributed by atoms with Gasteiger partial charge >= 0.3 is 0 Å². The summed E-state index contributed by atoms with van der Waals surface area (Å²) in [7, 11) is 4.70. The van der Waals surface area contributed by atoms with Crippen molar-refractivity contribution in [1.29, 1.82) is 0 Å². The molecule has 0 saturated heterocycles. The van der Waals surface area contributed by atoms with Crippen LogP contribution in [0, 0.1) is 0 Å². The van der Waals surface area contributed by atoms with Crippen molar-refractivity contribution in [2.24, 2.45) is 0 Å². The summed E-state index contributed by atoms with van der Waals surface area (Å²) in [5, 5.41) is 6.80. The van der Waals surface area contributed by atoms with Crippen molar-refractivity contribution in [3.63, 3.8) is 0 Å². The molecule has 0 radical (unpaired) electrons. The average molecular weight is 512 g/mol. The number of nitrogens with one attached hydrogen (secondary N) is 2. The van der Waals surface area contributed by atoms with Gasteiger partial charge in [-0.05, 0) is 31.5 Å². The molecule has 0 atom stereocenters. The van der Waals surface area contributed by atoms with Crippen LogP contribution in [0.5, 0.6) is 17.2 Å². The molecule has 10 nitrogen and oxygen atoms in total. The lowest BCUT2D eigenvalue weighted by Crippen LogP contribution is -2.29. The first-order valence-corrected chi connectivity index (χ1v) is 12.0. The molecule has 5 aromatic rings. The van der Waals surface area contributed by atoms with Crippen LogP contribution >= 0.6 is 0 Å². The molecule has 3 aromatic carbocycles. The normalized spacial score (nSPS) is 11.3. The predicted octanol–water partition coefficient (Wildman–Crippen LogP) is 5.33. The van der Waals surface area contributed by atoms with Crippen molar-refractivity contribution in [3.05, 3.63) is 78.6 Å². The number of para-hydroxylation sites is 2. The molecule has 0 aliphatic carbocycles. The van der Waals surface area contributed by atoms with E-state index in [-0.39, 0.29) is 0 Å². The van der Waals surface area contributed by atoms with Crippen molar-refractivity contribution in [3.8, 4) is 23.2 Å². The Kier molecular flexibility index (Phi) is 6.69. The second kappa shape index (κ2) is 10.3. The Bertz CT molecular complexity index is 1540. The molecule has 38 heavy (non-hydrogen) atoms. The van der Waals surface area contributed by atoms with E-state index in [1.165, 1.54) is 6.33 Å². The molecule has 0 bridgehead atoms. The maximum Gasteiger partial charge on any atom is 0.241 e.